The third-order valence-electron chi connectivity index (χ3n) is 1.28. The first-order valence-corrected chi connectivity index (χ1v) is 3.15. The van der Waals surface area contributed by atoms with E-state index in [0.717, 1.165) is 0 Å². The molecule has 1 heterocycles. The molecule has 0 saturated heterocycles. The lowest BCUT2D eigenvalue weighted by Crippen LogP contribution is -2.04. The van der Waals surface area contributed by atoms with Crippen LogP contribution in [0.5, 0.6) is 0 Å². The normalized spacial score (nSPS) is 12.8. The first-order valence-electron chi connectivity index (χ1n) is 3.15. The Kier molecular flexibility index (Phi) is 2.15. The Bertz CT molecular complexity index is 233. The molecule has 1 rings (SSSR count). The zero-order valence-corrected chi connectivity index (χ0v) is 5.98. The smallest absolute Gasteiger partial charge is 0.304 e. The molecular formula is C5H8N4O2. The number of H-pyrrole nitrogens is 1. The summed E-state index contributed by atoms with van der Waals surface area (Å²) in [5, 5.41) is 21.3. The predicted molar refractivity (Wildman–Crippen MR) is 34.8 cm³/mol. The molecule has 0 bridgehead atoms. The van der Waals surface area contributed by atoms with Gasteiger partial charge in [0.15, 0.2) is 5.82 Å². The van der Waals surface area contributed by atoms with E-state index in [2.05, 4.69) is 20.6 Å². The molecule has 11 heavy (non-hydrogen) atoms. The monoisotopic (exact) mass is 156 g/mol. The molecule has 1 atom stereocenters. The van der Waals surface area contributed by atoms with Gasteiger partial charge in [0.05, 0.1) is 6.42 Å². The zero-order valence-electron chi connectivity index (χ0n) is 5.98. The highest BCUT2D eigenvalue weighted by Gasteiger charge is 2.13. The Balaban J connectivity index is 2.56. The summed E-state index contributed by atoms with van der Waals surface area (Å²) in [6.45, 7) is 1.74. The summed E-state index contributed by atoms with van der Waals surface area (Å²) >= 11 is 0. The van der Waals surface area contributed by atoms with Gasteiger partial charge in [-0.25, -0.2) is 0 Å². The molecule has 0 aromatic carbocycles. The Morgan fingerprint density at radius 1 is 1.82 bits per heavy atom. The average Bonchev–Trinajstić information content (AvgIpc) is 2.35. The summed E-state index contributed by atoms with van der Waals surface area (Å²) in [7, 11) is 0. The molecule has 1 unspecified atom stereocenters. The van der Waals surface area contributed by atoms with Gasteiger partial charge in [0.1, 0.15) is 0 Å². The number of carboxylic acid groups (broad SMARTS) is 1. The van der Waals surface area contributed by atoms with Crippen molar-refractivity contribution in [3.8, 4) is 0 Å². The van der Waals surface area contributed by atoms with Crippen molar-refractivity contribution in [2.75, 3.05) is 0 Å². The molecule has 0 aliphatic rings. The van der Waals surface area contributed by atoms with E-state index in [1.165, 1.54) is 0 Å². The summed E-state index contributed by atoms with van der Waals surface area (Å²) in [5.74, 6) is -0.610. The number of hydrogen-bond acceptors (Lipinski definition) is 4. The minimum absolute atomic E-state index is 0.0273. The minimum atomic E-state index is -0.859. The number of aliphatic carboxylic acids is 1. The van der Waals surface area contributed by atoms with Crippen molar-refractivity contribution in [3.05, 3.63) is 5.82 Å². The van der Waals surface area contributed by atoms with Crippen molar-refractivity contribution in [1.29, 1.82) is 0 Å². The molecule has 6 nitrogen and oxygen atoms in total. The molecule has 2 N–H and O–H groups in total. The molecule has 1 aromatic heterocycles. The third kappa shape index (κ3) is 1.99. The number of nitrogens with one attached hydrogen (secondary N) is 1. The summed E-state index contributed by atoms with van der Waals surface area (Å²) in [6.07, 6.45) is 0.0273. The van der Waals surface area contributed by atoms with E-state index in [1.54, 1.807) is 6.92 Å². The highest BCUT2D eigenvalue weighted by atomic mass is 16.4. The molecule has 0 spiro atoms. The van der Waals surface area contributed by atoms with Crippen LogP contribution in [0.25, 0.3) is 0 Å². The largest absolute Gasteiger partial charge is 0.481 e. The van der Waals surface area contributed by atoms with E-state index in [9.17, 15) is 4.79 Å². The first kappa shape index (κ1) is 7.64. The van der Waals surface area contributed by atoms with Crippen molar-refractivity contribution in [1.82, 2.24) is 20.6 Å². The van der Waals surface area contributed by atoms with Gasteiger partial charge in [0.2, 0.25) is 0 Å². The summed E-state index contributed by atoms with van der Waals surface area (Å²) < 4.78 is 0. The van der Waals surface area contributed by atoms with E-state index in [0.29, 0.717) is 5.82 Å². The fourth-order valence-corrected chi connectivity index (χ4v) is 0.732. The molecule has 0 radical (unpaired) electrons. The maximum atomic E-state index is 10.2. The molecule has 1 aromatic rings. The molecule has 0 aliphatic heterocycles. The van der Waals surface area contributed by atoms with Crippen LogP contribution in [-0.2, 0) is 4.79 Å². The van der Waals surface area contributed by atoms with Gasteiger partial charge in [-0.3, -0.25) is 4.79 Å². The molecular weight excluding hydrogens is 148 g/mol. The van der Waals surface area contributed by atoms with Gasteiger partial charge >= 0.3 is 5.97 Å². The van der Waals surface area contributed by atoms with Crippen molar-refractivity contribution in [2.24, 2.45) is 0 Å². The van der Waals surface area contributed by atoms with Crippen molar-refractivity contribution in [2.45, 2.75) is 19.3 Å². The van der Waals surface area contributed by atoms with Crippen LogP contribution in [0.15, 0.2) is 0 Å². The fraction of sp³-hybridized carbons (Fsp3) is 0.600. The van der Waals surface area contributed by atoms with Gasteiger partial charge in [-0.1, -0.05) is 12.1 Å². The number of aromatic nitrogens is 4. The molecule has 0 aliphatic carbocycles. The number of carboxylic acids is 1. The van der Waals surface area contributed by atoms with Crippen LogP contribution < -0.4 is 0 Å². The SMILES string of the molecule is CC(CC(=O)O)c1nn[nH]n1. The fourth-order valence-electron chi connectivity index (χ4n) is 0.732. The Hall–Kier alpha value is -1.46. The summed E-state index contributed by atoms with van der Waals surface area (Å²) in [5.41, 5.74) is 0. The number of nitrogens with zero attached hydrogens (tertiary/aromatic N) is 3. The second kappa shape index (κ2) is 3.09. The molecule has 60 valence electrons. The zero-order chi connectivity index (χ0) is 8.27. The van der Waals surface area contributed by atoms with Gasteiger partial charge in [-0.05, 0) is 0 Å². The Morgan fingerprint density at radius 2 is 2.55 bits per heavy atom. The van der Waals surface area contributed by atoms with Crippen LogP contribution in [0, 0.1) is 0 Å². The van der Waals surface area contributed by atoms with E-state index < -0.39 is 5.97 Å². The maximum Gasteiger partial charge on any atom is 0.304 e. The van der Waals surface area contributed by atoms with Crippen LogP contribution in [0.1, 0.15) is 25.1 Å². The van der Waals surface area contributed by atoms with Gasteiger partial charge in [0, 0.05) is 5.92 Å². The van der Waals surface area contributed by atoms with E-state index in [1.807, 2.05) is 0 Å². The van der Waals surface area contributed by atoms with Gasteiger partial charge in [-0.2, -0.15) is 5.21 Å². The van der Waals surface area contributed by atoms with E-state index in [4.69, 9.17) is 5.11 Å². The molecule has 6 heteroatoms. The van der Waals surface area contributed by atoms with Crippen LogP contribution in [-0.4, -0.2) is 31.7 Å². The van der Waals surface area contributed by atoms with Crippen molar-refractivity contribution in [3.63, 3.8) is 0 Å². The standard InChI is InChI=1S/C5H8N4O2/c1-3(2-4(10)11)5-6-8-9-7-5/h3H,2H2,1H3,(H,10,11)(H,6,7,8,9). The van der Waals surface area contributed by atoms with Crippen LogP contribution in [0.4, 0.5) is 0 Å². The van der Waals surface area contributed by atoms with Crippen molar-refractivity contribution < 1.29 is 9.90 Å². The number of hydrogen-bond donors (Lipinski definition) is 2. The lowest BCUT2D eigenvalue weighted by atomic mass is 10.1. The highest BCUT2D eigenvalue weighted by Crippen LogP contribution is 2.11. The quantitative estimate of drug-likeness (QED) is 0.631. The highest BCUT2D eigenvalue weighted by molar-refractivity contribution is 5.67. The number of rotatable bonds is 3. The summed E-state index contributed by atoms with van der Waals surface area (Å²) in [6, 6.07) is 0. The lowest BCUT2D eigenvalue weighted by Gasteiger charge is -1.99. The predicted octanol–water partition coefficient (Wildman–Crippen LogP) is -0.222. The molecule has 0 saturated carbocycles. The van der Waals surface area contributed by atoms with Gasteiger partial charge < -0.3 is 5.11 Å². The van der Waals surface area contributed by atoms with Crippen LogP contribution >= 0.6 is 0 Å². The maximum absolute atomic E-state index is 10.2. The van der Waals surface area contributed by atoms with Crippen LogP contribution in [0.3, 0.4) is 0 Å². The molecule has 0 amide bonds. The van der Waals surface area contributed by atoms with Crippen molar-refractivity contribution >= 4 is 5.97 Å². The average molecular weight is 156 g/mol. The number of carbonyl (C=O) groups is 1. The Morgan fingerprint density at radius 3 is 3.00 bits per heavy atom. The minimum Gasteiger partial charge on any atom is -0.481 e. The second-order valence-corrected chi connectivity index (χ2v) is 2.27. The summed E-state index contributed by atoms with van der Waals surface area (Å²) in [4.78, 5) is 10.2. The topological polar surface area (TPSA) is 91.8 Å². The van der Waals surface area contributed by atoms with Gasteiger partial charge in [0.25, 0.3) is 0 Å². The van der Waals surface area contributed by atoms with E-state index in [-0.39, 0.29) is 12.3 Å². The van der Waals surface area contributed by atoms with Gasteiger partial charge in [-0.15, -0.1) is 10.2 Å². The first-order chi connectivity index (χ1) is 5.20. The lowest BCUT2D eigenvalue weighted by molar-refractivity contribution is -0.137. The number of tetrazole rings is 1. The van der Waals surface area contributed by atoms with E-state index >= 15 is 0 Å². The second-order valence-electron chi connectivity index (χ2n) is 2.27. The number of aromatic amines is 1. The molecule has 0 fully saturated rings. The van der Waals surface area contributed by atoms with Crippen LogP contribution in [0.2, 0.25) is 0 Å². The third-order valence-corrected chi connectivity index (χ3v) is 1.28. The Labute approximate surface area is 62.6 Å².